The van der Waals surface area contributed by atoms with Gasteiger partial charge in [-0.15, -0.1) is 0 Å². The lowest BCUT2D eigenvalue weighted by molar-refractivity contribution is -0.137. The van der Waals surface area contributed by atoms with Crippen molar-refractivity contribution in [2.24, 2.45) is 0 Å². The molecule has 0 aliphatic heterocycles. The highest BCUT2D eigenvalue weighted by Crippen LogP contribution is 2.34. The Bertz CT molecular complexity index is 827. The van der Waals surface area contributed by atoms with Crippen molar-refractivity contribution < 1.29 is 13.2 Å². The highest BCUT2D eigenvalue weighted by Gasteiger charge is 2.31. The van der Waals surface area contributed by atoms with Crippen LogP contribution >= 0.6 is 34.4 Å². The molecule has 0 aliphatic rings. The van der Waals surface area contributed by atoms with E-state index in [1.54, 1.807) is 12.3 Å². The highest BCUT2D eigenvalue weighted by atomic mass is 127. The summed E-state index contributed by atoms with van der Waals surface area (Å²) in [5, 5.41) is 9.33. The molecule has 114 valence electrons. The summed E-state index contributed by atoms with van der Waals surface area (Å²) in [6.45, 7) is 0. The number of hydrogen-bond donors (Lipinski definition) is 1. The van der Waals surface area contributed by atoms with Crippen molar-refractivity contribution in [2.75, 3.05) is 6.26 Å². The number of hydrogen-bond acceptors (Lipinski definition) is 4. The summed E-state index contributed by atoms with van der Waals surface area (Å²) in [5.41, 5.74) is -1.79. The van der Waals surface area contributed by atoms with Crippen LogP contribution in [0.2, 0.25) is 0 Å². The number of nitrogens with one attached hydrogen (secondary N) is 1. The minimum atomic E-state index is -4.52. The Morgan fingerprint density at radius 3 is 2.64 bits per heavy atom. The molecule has 0 aliphatic carbocycles. The van der Waals surface area contributed by atoms with Gasteiger partial charge in [-0.1, -0.05) is 11.8 Å². The minimum Gasteiger partial charge on any atom is -0.300 e. The first-order chi connectivity index (χ1) is 10.3. The molecule has 4 nitrogen and oxygen atoms in total. The molecule has 0 atom stereocenters. The summed E-state index contributed by atoms with van der Waals surface area (Å²) in [4.78, 5) is 18.4. The van der Waals surface area contributed by atoms with Gasteiger partial charge >= 0.3 is 6.18 Å². The molecule has 0 fully saturated rings. The van der Waals surface area contributed by atoms with Crippen LogP contribution < -0.4 is 5.56 Å². The van der Waals surface area contributed by atoms with Gasteiger partial charge in [-0.05, 0) is 47.0 Å². The average molecular weight is 437 g/mol. The summed E-state index contributed by atoms with van der Waals surface area (Å²) in [7, 11) is 0. The van der Waals surface area contributed by atoms with E-state index < -0.39 is 17.3 Å². The molecule has 1 heterocycles. The van der Waals surface area contributed by atoms with Crippen LogP contribution in [0.3, 0.4) is 0 Å². The van der Waals surface area contributed by atoms with E-state index in [1.807, 2.05) is 22.6 Å². The predicted molar refractivity (Wildman–Crippen MR) is 84.5 cm³/mol. The van der Waals surface area contributed by atoms with E-state index in [4.69, 9.17) is 5.26 Å². The van der Waals surface area contributed by atoms with Crippen molar-refractivity contribution in [3.8, 4) is 17.3 Å². The Morgan fingerprint density at radius 1 is 1.41 bits per heavy atom. The second kappa shape index (κ2) is 6.29. The third kappa shape index (κ3) is 3.27. The number of thioether (sulfide) groups is 1. The maximum absolute atomic E-state index is 12.9. The zero-order valence-corrected chi connectivity index (χ0v) is 13.9. The fraction of sp³-hybridized carbons (Fsp3) is 0.154. The van der Waals surface area contributed by atoms with Gasteiger partial charge in [0.1, 0.15) is 11.6 Å². The van der Waals surface area contributed by atoms with E-state index >= 15 is 0 Å². The maximum atomic E-state index is 12.9. The second-order valence-corrected chi connectivity index (χ2v) is 6.06. The first-order valence-electron chi connectivity index (χ1n) is 5.73. The van der Waals surface area contributed by atoms with E-state index in [-0.39, 0.29) is 22.0 Å². The second-order valence-electron chi connectivity index (χ2n) is 4.10. The number of nitrogens with zero attached hydrogens (tertiary/aromatic N) is 2. The number of benzene rings is 1. The third-order valence-corrected chi connectivity index (χ3v) is 4.27. The predicted octanol–water partition coefficient (Wildman–Crippen LogP) is 3.65. The van der Waals surface area contributed by atoms with Crippen LogP contribution in [-0.2, 0) is 6.18 Å². The van der Waals surface area contributed by atoms with Gasteiger partial charge < -0.3 is 4.98 Å². The standard InChI is InChI=1S/C13H7F3IN3OS/c1-22-12-19-10(8(5-18)11(21)20-12)7-4-6(13(14,15)16)2-3-9(7)17/h2-4H,1H3,(H,19,20,21). The van der Waals surface area contributed by atoms with Gasteiger partial charge in [0.05, 0.1) is 11.3 Å². The topological polar surface area (TPSA) is 69.5 Å². The van der Waals surface area contributed by atoms with Crippen LogP contribution in [0.1, 0.15) is 11.1 Å². The molecule has 9 heteroatoms. The van der Waals surface area contributed by atoms with Crippen LogP contribution in [0.15, 0.2) is 28.2 Å². The monoisotopic (exact) mass is 437 g/mol. The molecular formula is C13H7F3IN3OS. The number of H-pyrrole nitrogens is 1. The normalized spacial score (nSPS) is 11.3. The van der Waals surface area contributed by atoms with Crippen molar-refractivity contribution >= 4 is 34.4 Å². The Balaban J connectivity index is 2.79. The molecule has 0 amide bonds. The molecule has 0 unspecified atom stereocenters. The van der Waals surface area contributed by atoms with Crippen molar-refractivity contribution in [2.45, 2.75) is 11.3 Å². The Kier molecular flexibility index (Phi) is 4.81. The van der Waals surface area contributed by atoms with Crippen LogP contribution in [0, 0.1) is 14.9 Å². The quantitative estimate of drug-likeness (QED) is 0.443. The summed E-state index contributed by atoms with van der Waals surface area (Å²) in [6.07, 6.45) is -2.86. The molecule has 0 saturated heterocycles. The molecule has 0 spiro atoms. The smallest absolute Gasteiger partial charge is 0.300 e. The van der Waals surface area contributed by atoms with Gasteiger partial charge in [-0.25, -0.2) is 4.98 Å². The number of aromatic amines is 1. The molecule has 2 aromatic rings. The van der Waals surface area contributed by atoms with Crippen molar-refractivity contribution in [1.82, 2.24) is 9.97 Å². The molecule has 22 heavy (non-hydrogen) atoms. The highest BCUT2D eigenvalue weighted by molar-refractivity contribution is 14.1. The van der Waals surface area contributed by atoms with Gasteiger partial charge in [-0.3, -0.25) is 4.79 Å². The molecule has 0 radical (unpaired) electrons. The van der Waals surface area contributed by atoms with E-state index in [2.05, 4.69) is 9.97 Å². The maximum Gasteiger partial charge on any atom is 0.416 e. The zero-order valence-electron chi connectivity index (χ0n) is 11.0. The largest absolute Gasteiger partial charge is 0.416 e. The minimum absolute atomic E-state index is 0.0499. The Hall–Kier alpha value is -1.54. The number of halogens is 4. The number of nitriles is 1. The third-order valence-electron chi connectivity index (χ3n) is 2.75. The molecule has 0 saturated carbocycles. The van der Waals surface area contributed by atoms with Crippen molar-refractivity contribution in [3.63, 3.8) is 0 Å². The molecular weight excluding hydrogens is 430 g/mol. The van der Waals surface area contributed by atoms with E-state index in [0.29, 0.717) is 3.57 Å². The number of aromatic nitrogens is 2. The van der Waals surface area contributed by atoms with Crippen molar-refractivity contribution in [1.29, 1.82) is 5.26 Å². The van der Waals surface area contributed by atoms with E-state index in [9.17, 15) is 18.0 Å². The summed E-state index contributed by atoms with van der Waals surface area (Å²) in [6, 6.07) is 4.82. The Morgan fingerprint density at radius 2 is 2.09 bits per heavy atom. The van der Waals surface area contributed by atoms with Gasteiger partial charge in [0.25, 0.3) is 5.56 Å². The van der Waals surface area contributed by atoms with Gasteiger partial charge in [0.2, 0.25) is 0 Å². The lowest BCUT2D eigenvalue weighted by Crippen LogP contribution is -2.15. The first-order valence-corrected chi connectivity index (χ1v) is 8.03. The van der Waals surface area contributed by atoms with E-state index in [1.165, 1.54) is 6.07 Å². The lowest BCUT2D eigenvalue weighted by Gasteiger charge is -2.11. The molecule has 2 rings (SSSR count). The molecule has 1 aromatic heterocycles. The summed E-state index contributed by atoms with van der Waals surface area (Å²) >= 11 is 2.97. The lowest BCUT2D eigenvalue weighted by atomic mass is 10.0. The van der Waals surface area contributed by atoms with Crippen LogP contribution in [0.25, 0.3) is 11.3 Å². The number of alkyl halides is 3. The zero-order chi connectivity index (χ0) is 16.5. The molecule has 1 N–H and O–H groups in total. The van der Waals surface area contributed by atoms with Crippen molar-refractivity contribution in [3.05, 3.63) is 43.2 Å². The van der Waals surface area contributed by atoms with Gasteiger partial charge in [-0.2, -0.15) is 18.4 Å². The summed E-state index contributed by atoms with van der Waals surface area (Å²) in [5.74, 6) is 0. The first kappa shape index (κ1) is 16.8. The SMILES string of the molecule is CSc1nc(-c2cc(C(F)(F)F)ccc2I)c(C#N)c(=O)[nH]1. The number of rotatable bonds is 2. The van der Waals surface area contributed by atoms with Gasteiger partial charge in [0, 0.05) is 9.13 Å². The van der Waals surface area contributed by atoms with E-state index in [0.717, 1.165) is 23.9 Å². The average Bonchev–Trinajstić information content (AvgIpc) is 2.45. The Labute approximate surface area is 140 Å². The molecule has 0 bridgehead atoms. The fourth-order valence-electron chi connectivity index (χ4n) is 1.73. The van der Waals surface area contributed by atoms with Gasteiger partial charge in [0.15, 0.2) is 5.16 Å². The van der Waals surface area contributed by atoms with Crippen LogP contribution in [0.5, 0.6) is 0 Å². The fourth-order valence-corrected chi connectivity index (χ4v) is 2.70. The van der Waals surface area contributed by atoms with Crippen LogP contribution in [0.4, 0.5) is 13.2 Å². The summed E-state index contributed by atoms with van der Waals surface area (Å²) < 4.78 is 39.1. The molecule has 1 aromatic carbocycles. The van der Waals surface area contributed by atoms with Crippen LogP contribution in [-0.4, -0.2) is 16.2 Å².